The molecule has 7 nitrogen and oxygen atoms in total. The van der Waals surface area contributed by atoms with E-state index in [0.717, 1.165) is 33.9 Å². The van der Waals surface area contributed by atoms with Crippen LogP contribution >= 0.6 is 11.6 Å². The second-order valence-electron chi connectivity index (χ2n) is 7.15. The van der Waals surface area contributed by atoms with Gasteiger partial charge in [-0.2, -0.15) is 9.97 Å². The van der Waals surface area contributed by atoms with E-state index in [9.17, 15) is 0 Å². The fourth-order valence-electron chi connectivity index (χ4n) is 3.30. The number of halogens is 1. The summed E-state index contributed by atoms with van der Waals surface area (Å²) >= 11 is 5.96. The molecule has 0 aliphatic rings. The monoisotopic (exact) mass is 449 g/mol. The van der Waals surface area contributed by atoms with Crippen molar-refractivity contribution in [1.29, 1.82) is 0 Å². The lowest BCUT2D eigenvalue weighted by molar-refractivity contribution is 0.393. The molecule has 8 heteroatoms. The maximum absolute atomic E-state index is 5.96. The van der Waals surface area contributed by atoms with Crippen molar-refractivity contribution in [2.45, 2.75) is 13.0 Å². The quantitative estimate of drug-likeness (QED) is 0.373. The summed E-state index contributed by atoms with van der Waals surface area (Å²) in [7, 11) is 3.27. The lowest BCUT2D eigenvalue weighted by atomic mass is 10.1. The van der Waals surface area contributed by atoms with Crippen LogP contribution in [0.25, 0.3) is 11.0 Å². The number of nitrogens with zero attached hydrogens (tertiary/aromatic N) is 3. The highest BCUT2D eigenvalue weighted by atomic mass is 35.5. The molecule has 0 aliphatic heterocycles. The number of benzene rings is 2. The third-order valence-corrected chi connectivity index (χ3v) is 5.20. The van der Waals surface area contributed by atoms with Gasteiger partial charge in [-0.25, -0.2) is 4.98 Å². The Morgan fingerprint density at radius 1 is 0.875 bits per heavy atom. The molecule has 4 aromatic rings. The number of anilines is 2. The van der Waals surface area contributed by atoms with E-state index in [1.165, 1.54) is 5.56 Å². The smallest absolute Gasteiger partial charge is 0.226 e. The predicted octanol–water partition coefficient (Wildman–Crippen LogP) is 4.96. The molecule has 0 fully saturated rings. The minimum atomic E-state index is 0.524. The normalized spacial score (nSPS) is 10.7. The summed E-state index contributed by atoms with van der Waals surface area (Å²) in [4.78, 5) is 13.6. The Hall–Kier alpha value is -3.58. The van der Waals surface area contributed by atoms with Gasteiger partial charge in [0.05, 0.1) is 19.6 Å². The minimum absolute atomic E-state index is 0.524. The van der Waals surface area contributed by atoms with Crippen LogP contribution in [0.5, 0.6) is 11.5 Å². The van der Waals surface area contributed by atoms with E-state index >= 15 is 0 Å². The topological polar surface area (TPSA) is 81.2 Å². The van der Waals surface area contributed by atoms with Crippen LogP contribution in [0.1, 0.15) is 11.1 Å². The summed E-state index contributed by atoms with van der Waals surface area (Å²) in [5.41, 5.74) is 2.82. The molecule has 0 saturated carbocycles. The summed E-state index contributed by atoms with van der Waals surface area (Å²) in [5, 5.41) is 8.29. The van der Waals surface area contributed by atoms with Crippen LogP contribution in [0.15, 0.2) is 60.8 Å². The molecule has 0 radical (unpaired) electrons. The van der Waals surface area contributed by atoms with E-state index in [0.29, 0.717) is 30.5 Å². The number of rotatable bonds is 9. The largest absolute Gasteiger partial charge is 0.497 e. The molecule has 4 rings (SSSR count). The van der Waals surface area contributed by atoms with Gasteiger partial charge in [0.15, 0.2) is 5.65 Å². The second kappa shape index (κ2) is 10.2. The molecule has 0 spiro atoms. The van der Waals surface area contributed by atoms with Gasteiger partial charge in [-0.3, -0.25) is 0 Å². The molecule has 0 aliphatic carbocycles. The van der Waals surface area contributed by atoms with Crippen molar-refractivity contribution in [2.24, 2.45) is 0 Å². The number of hydrogen-bond acceptors (Lipinski definition) is 7. The van der Waals surface area contributed by atoms with E-state index in [-0.39, 0.29) is 0 Å². The van der Waals surface area contributed by atoms with Crippen LogP contribution in [0, 0.1) is 0 Å². The fourth-order valence-corrected chi connectivity index (χ4v) is 3.43. The Labute approximate surface area is 191 Å². The number of nitrogens with one attached hydrogen (secondary N) is 2. The summed E-state index contributed by atoms with van der Waals surface area (Å²) < 4.78 is 10.7. The molecular formula is C24H24ClN5O2. The lowest BCUT2D eigenvalue weighted by Crippen LogP contribution is -2.11. The van der Waals surface area contributed by atoms with Crippen LogP contribution in [0.2, 0.25) is 5.02 Å². The molecule has 2 aromatic heterocycles. The third kappa shape index (κ3) is 5.36. The fraction of sp³-hybridized carbons (Fsp3) is 0.208. The first-order chi connectivity index (χ1) is 15.6. The molecule has 164 valence electrons. The highest BCUT2D eigenvalue weighted by Crippen LogP contribution is 2.25. The number of methoxy groups -OCH3 is 2. The van der Waals surface area contributed by atoms with E-state index in [1.807, 2.05) is 54.6 Å². The van der Waals surface area contributed by atoms with Crippen molar-refractivity contribution in [2.75, 3.05) is 31.4 Å². The van der Waals surface area contributed by atoms with Crippen LogP contribution in [0.4, 0.5) is 11.8 Å². The SMILES string of the molecule is COc1cc(CNc2nc(NCCc3ccc(Cl)cc3)nc3ncccc23)cc(OC)c1. The van der Waals surface area contributed by atoms with E-state index in [2.05, 4.69) is 25.6 Å². The van der Waals surface area contributed by atoms with Crippen LogP contribution in [0.3, 0.4) is 0 Å². The van der Waals surface area contributed by atoms with Crippen molar-refractivity contribution >= 4 is 34.4 Å². The predicted molar refractivity (Wildman–Crippen MR) is 128 cm³/mol. The zero-order valence-corrected chi connectivity index (χ0v) is 18.7. The van der Waals surface area contributed by atoms with Gasteiger partial charge in [0.1, 0.15) is 17.3 Å². The van der Waals surface area contributed by atoms with Crippen LogP contribution < -0.4 is 20.1 Å². The van der Waals surface area contributed by atoms with Gasteiger partial charge in [-0.1, -0.05) is 23.7 Å². The Balaban J connectivity index is 1.51. The number of ether oxygens (including phenoxy) is 2. The summed E-state index contributed by atoms with van der Waals surface area (Å²) in [6, 6.07) is 17.4. The number of hydrogen-bond donors (Lipinski definition) is 2. The highest BCUT2D eigenvalue weighted by molar-refractivity contribution is 6.30. The molecule has 32 heavy (non-hydrogen) atoms. The Morgan fingerprint density at radius 3 is 2.34 bits per heavy atom. The van der Waals surface area contributed by atoms with Crippen molar-refractivity contribution in [3.63, 3.8) is 0 Å². The zero-order valence-electron chi connectivity index (χ0n) is 17.9. The van der Waals surface area contributed by atoms with E-state index < -0.39 is 0 Å². The van der Waals surface area contributed by atoms with Gasteiger partial charge in [0.25, 0.3) is 0 Å². The van der Waals surface area contributed by atoms with Crippen LogP contribution in [-0.2, 0) is 13.0 Å². The Kier molecular flexibility index (Phi) is 6.87. The van der Waals surface area contributed by atoms with Crippen molar-refractivity contribution in [3.05, 3.63) is 76.9 Å². The van der Waals surface area contributed by atoms with Gasteiger partial charge >= 0.3 is 0 Å². The summed E-state index contributed by atoms with van der Waals surface area (Å²) in [5.74, 6) is 2.70. The van der Waals surface area contributed by atoms with Gasteiger partial charge in [0.2, 0.25) is 5.95 Å². The average molecular weight is 450 g/mol. The molecule has 2 heterocycles. The van der Waals surface area contributed by atoms with Gasteiger partial charge in [-0.05, 0) is 53.9 Å². The first-order valence-corrected chi connectivity index (χ1v) is 10.6. The minimum Gasteiger partial charge on any atom is -0.497 e. The van der Waals surface area contributed by atoms with Gasteiger partial charge in [0, 0.05) is 30.4 Å². The molecule has 0 atom stereocenters. The van der Waals surface area contributed by atoms with Gasteiger partial charge in [-0.15, -0.1) is 0 Å². The number of aromatic nitrogens is 3. The maximum atomic E-state index is 5.96. The molecule has 0 unspecified atom stereocenters. The van der Waals surface area contributed by atoms with Crippen molar-refractivity contribution < 1.29 is 9.47 Å². The third-order valence-electron chi connectivity index (χ3n) is 4.95. The molecule has 0 saturated heterocycles. The molecule has 2 aromatic carbocycles. The maximum Gasteiger partial charge on any atom is 0.226 e. The molecule has 0 bridgehead atoms. The molecule has 2 N–H and O–H groups in total. The van der Waals surface area contributed by atoms with Crippen LogP contribution in [-0.4, -0.2) is 35.7 Å². The first-order valence-electron chi connectivity index (χ1n) is 10.2. The Bertz CT molecular complexity index is 1180. The van der Waals surface area contributed by atoms with Crippen molar-refractivity contribution in [3.8, 4) is 11.5 Å². The summed E-state index contributed by atoms with van der Waals surface area (Å²) in [6.07, 6.45) is 2.55. The molecule has 0 amide bonds. The van der Waals surface area contributed by atoms with Gasteiger partial charge < -0.3 is 20.1 Å². The molecular weight excluding hydrogens is 426 g/mol. The number of pyridine rings is 1. The average Bonchev–Trinajstić information content (AvgIpc) is 2.83. The lowest BCUT2D eigenvalue weighted by Gasteiger charge is -2.13. The summed E-state index contributed by atoms with van der Waals surface area (Å²) in [6.45, 7) is 1.23. The first kappa shape index (κ1) is 21.6. The number of fused-ring (bicyclic) bond motifs is 1. The van der Waals surface area contributed by atoms with E-state index in [4.69, 9.17) is 21.1 Å². The standard InChI is InChI=1S/C24H24ClN5O2/c1-31-19-12-17(13-20(14-19)32-2)15-28-23-21-4-3-10-26-22(21)29-24(30-23)27-11-9-16-5-7-18(25)8-6-16/h3-8,10,12-14H,9,11,15H2,1-2H3,(H2,26,27,28,29,30). The second-order valence-corrected chi connectivity index (χ2v) is 7.58. The van der Waals surface area contributed by atoms with E-state index in [1.54, 1.807) is 20.4 Å². The Morgan fingerprint density at radius 2 is 1.62 bits per heavy atom. The zero-order chi connectivity index (χ0) is 22.3. The highest BCUT2D eigenvalue weighted by Gasteiger charge is 2.09. The van der Waals surface area contributed by atoms with Crippen molar-refractivity contribution in [1.82, 2.24) is 15.0 Å².